The molecule has 0 unspecified atom stereocenters. The highest BCUT2D eigenvalue weighted by atomic mass is 19.2. The molecule has 0 amide bonds. The smallest absolute Gasteiger partial charge is 0.200 e. The van der Waals surface area contributed by atoms with E-state index >= 15 is 0 Å². The van der Waals surface area contributed by atoms with Crippen LogP contribution in [0.15, 0.2) is 109 Å². The molecule has 0 heterocycles. The molecule has 3 aromatic rings. The number of phenolic OH excluding ortho intramolecular Hbond substituents is 1. The molecule has 3 rings (SSSR count). The lowest BCUT2D eigenvalue weighted by molar-refractivity contribution is 0.279. The molecule has 0 aliphatic carbocycles. The number of phenols is 1. The van der Waals surface area contributed by atoms with Crippen molar-refractivity contribution in [1.82, 2.24) is 0 Å². The van der Waals surface area contributed by atoms with E-state index < -0.39 is 29.0 Å². The summed E-state index contributed by atoms with van der Waals surface area (Å²) >= 11 is 0. The predicted molar refractivity (Wildman–Crippen MR) is 135 cm³/mol. The van der Waals surface area contributed by atoms with Crippen molar-refractivity contribution in [3.05, 3.63) is 121 Å². The molecular weight excluding hydrogens is 472 g/mol. The van der Waals surface area contributed by atoms with Crippen LogP contribution in [0.3, 0.4) is 0 Å². The first-order chi connectivity index (χ1) is 17.1. The third kappa shape index (κ3) is 6.88. The van der Waals surface area contributed by atoms with Crippen molar-refractivity contribution in [2.45, 2.75) is 6.92 Å². The number of ether oxygens (including phenoxy) is 2. The summed E-state index contributed by atoms with van der Waals surface area (Å²) in [5.41, 5.74) is 0.663. The molecule has 0 aromatic heterocycles. The van der Waals surface area contributed by atoms with Gasteiger partial charge in [0, 0.05) is 16.7 Å². The molecule has 0 aliphatic heterocycles. The van der Waals surface area contributed by atoms with E-state index in [2.05, 4.69) is 24.5 Å². The first-order valence-electron chi connectivity index (χ1n) is 10.7. The number of methoxy groups -OCH3 is 1. The molecule has 0 bridgehead atoms. The maximum atomic E-state index is 14.8. The first kappa shape index (κ1) is 28.0. The fourth-order valence-corrected chi connectivity index (χ4v) is 2.97. The van der Waals surface area contributed by atoms with Gasteiger partial charge in [0.2, 0.25) is 0 Å². The molecule has 3 nitrogen and oxygen atoms in total. The van der Waals surface area contributed by atoms with E-state index in [0.29, 0.717) is 16.9 Å². The lowest BCUT2D eigenvalue weighted by Gasteiger charge is -2.11. The molecule has 0 saturated carbocycles. The van der Waals surface area contributed by atoms with Gasteiger partial charge in [-0.2, -0.15) is 4.39 Å². The molecule has 0 fully saturated rings. The van der Waals surface area contributed by atoms with Crippen LogP contribution in [-0.4, -0.2) is 18.8 Å². The van der Waals surface area contributed by atoms with E-state index in [0.717, 1.165) is 7.11 Å². The van der Waals surface area contributed by atoms with Gasteiger partial charge in [0.25, 0.3) is 0 Å². The zero-order chi connectivity index (χ0) is 26.8. The van der Waals surface area contributed by atoms with Crippen LogP contribution in [0.25, 0.3) is 22.3 Å². The Kier molecular flexibility index (Phi) is 10.1. The lowest BCUT2D eigenvalue weighted by Crippen LogP contribution is -2.03. The molecule has 3 aromatic carbocycles. The molecule has 0 spiro atoms. The minimum Gasteiger partial charge on any atom is -0.508 e. The molecule has 188 valence electrons. The van der Waals surface area contributed by atoms with Crippen LogP contribution in [0.2, 0.25) is 0 Å². The van der Waals surface area contributed by atoms with Crippen LogP contribution in [-0.2, 0) is 4.74 Å². The molecule has 7 heteroatoms. The maximum Gasteiger partial charge on any atom is 0.200 e. The zero-order valence-electron chi connectivity index (χ0n) is 20.0. The van der Waals surface area contributed by atoms with Crippen LogP contribution in [0.5, 0.6) is 11.5 Å². The van der Waals surface area contributed by atoms with Gasteiger partial charge in [-0.05, 0) is 42.3 Å². The molecule has 0 saturated heterocycles. The third-order valence-electron chi connectivity index (χ3n) is 4.83. The summed E-state index contributed by atoms with van der Waals surface area (Å²) in [6.45, 7) is 11.6. The lowest BCUT2D eigenvalue weighted by atomic mass is 9.98. The second-order valence-electron chi connectivity index (χ2n) is 7.42. The summed E-state index contributed by atoms with van der Waals surface area (Å²) in [7, 11) is 1.16. The number of hydrogen-bond acceptors (Lipinski definition) is 3. The Labute approximate surface area is 207 Å². The van der Waals surface area contributed by atoms with Gasteiger partial charge in [-0.25, -0.2) is 13.2 Å². The normalized spacial score (nSPS) is 10.9. The van der Waals surface area contributed by atoms with Crippen molar-refractivity contribution in [3.63, 3.8) is 0 Å². The van der Waals surface area contributed by atoms with Gasteiger partial charge in [0.05, 0.1) is 7.11 Å². The van der Waals surface area contributed by atoms with Gasteiger partial charge in [-0.1, -0.05) is 55.6 Å². The second kappa shape index (κ2) is 13.0. The summed E-state index contributed by atoms with van der Waals surface area (Å²) < 4.78 is 67.1. The molecule has 0 aliphatic rings. The summed E-state index contributed by atoms with van der Waals surface area (Å²) in [5, 5.41) is 9.37. The Morgan fingerprint density at radius 3 is 1.72 bits per heavy atom. The highest BCUT2D eigenvalue weighted by molar-refractivity contribution is 5.72. The standard InChI is InChI=1S/C26H20F4O3.C3H6/c1-15(23(27)24(28)16(2)32-3)14-33-20-10-6-18(7-11-20)22-13-12-21(25(29)26(22)30)17-4-8-19(31)9-5-17;1-3-2/h4-13,31H,1-2,14H2,3H3;3H,1H2,2H3/b24-23-;. The average molecular weight is 499 g/mol. The quantitative estimate of drug-likeness (QED) is 0.147. The number of rotatable bonds is 8. The van der Waals surface area contributed by atoms with E-state index in [1.807, 2.05) is 6.92 Å². The van der Waals surface area contributed by atoms with E-state index in [4.69, 9.17) is 4.74 Å². The zero-order valence-corrected chi connectivity index (χ0v) is 20.0. The molecule has 0 atom stereocenters. The maximum absolute atomic E-state index is 14.8. The Morgan fingerprint density at radius 2 is 1.28 bits per heavy atom. The number of allylic oxidation sites excluding steroid dienone is 2. The molecule has 1 N–H and O–H groups in total. The number of halogens is 4. The van der Waals surface area contributed by atoms with Crippen LogP contribution in [0.1, 0.15) is 6.92 Å². The Balaban J connectivity index is 0.00000145. The third-order valence-corrected chi connectivity index (χ3v) is 4.83. The van der Waals surface area contributed by atoms with E-state index in [1.54, 1.807) is 6.08 Å². The number of benzene rings is 3. The van der Waals surface area contributed by atoms with E-state index in [9.17, 15) is 22.7 Å². The predicted octanol–water partition coefficient (Wildman–Crippen LogP) is 8.44. The number of aromatic hydroxyl groups is 1. The molecule has 36 heavy (non-hydrogen) atoms. The van der Waals surface area contributed by atoms with Crippen LogP contribution < -0.4 is 4.74 Å². The first-order valence-corrected chi connectivity index (χ1v) is 10.7. The van der Waals surface area contributed by atoms with Crippen LogP contribution >= 0.6 is 0 Å². The van der Waals surface area contributed by atoms with Crippen molar-refractivity contribution < 1.29 is 32.1 Å². The summed E-state index contributed by atoms with van der Waals surface area (Å²) in [5.74, 6) is -4.70. The van der Waals surface area contributed by atoms with Gasteiger partial charge in [0.15, 0.2) is 23.3 Å². The van der Waals surface area contributed by atoms with Gasteiger partial charge in [-0.3, -0.25) is 0 Å². The van der Waals surface area contributed by atoms with Gasteiger partial charge in [0.1, 0.15) is 23.9 Å². The highest BCUT2D eigenvalue weighted by Crippen LogP contribution is 2.33. The SMILES string of the molecule is C=C(COc1ccc(-c2ccc(-c3ccc(O)cc3)c(F)c2F)cc1)/C(F)=C(/F)C(=C)OC.C=CC. The van der Waals surface area contributed by atoms with Crippen molar-refractivity contribution >= 4 is 0 Å². The largest absolute Gasteiger partial charge is 0.508 e. The summed E-state index contributed by atoms with van der Waals surface area (Å²) in [4.78, 5) is 0. The monoisotopic (exact) mass is 498 g/mol. The Bertz CT molecular complexity index is 1260. The van der Waals surface area contributed by atoms with E-state index in [-0.39, 0.29) is 29.1 Å². The fourth-order valence-electron chi connectivity index (χ4n) is 2.97. The minimum absolute atomic E-state index is 0.0199. The molecular formula is C29H26F4O3. The van der Waals surface area contributed by atoms with Gasteiger partial charge in [-0.15, -0.1) is 6.58 Å². The van der Waals surface area contributed by atoms with Gasteiger partial charge < -0.3 is 14.6 Å². The fraction of sp³-hybridized carbons (Fsp3) is 0.103. The summed E-state index contributed by atoms with van der Waals surface area (Å²) in [6, 6.07) is 14.6. The minimum atomic E-state index is -1.27. The van der Waals surface area contributed by atoms with Crippen molar-refractivity contribution in [1.29, 1.82) is 0 Å². The Hall–Kier alpha value is -4.26. The number of hydrogen-bond donors (Lipinski definition) is 1. The Morgan fingerprint density at radius 1 is 0.833 bits per heavy atom. The van der Waals surface area contributed by atoms with E-state index in [1.165, 1.54) is 60.7 Å². The second-order valence-corrected chi connectivity index (χ2v) is 7.42. The topological polar surface area (TPSA) is 38.7 Å². The molecule has 0 radical (unpaired) electrons. The van der Waals surface area contributed by atoms with Crippen molar-refractivity contribution in [3.8, 4) is 33.8 Å². The van der Waals surface area contributed by atoms with Gasteiger partial charge >= 0.3 is 0 Å². The van der Waals surface area contributed by atoms with Crippen molar-refractivity contribution in [2.75, 3.05) is 13.7 Å². The van der Waals surface area contributed by atoms with Crippen molar-refractivity contribution in [2.24, 2.45) is 0 Å². The average Bonchev–Trinajstić information content (AvgIpc) is 2.89. The van der Waals surface area contributed by atoms with Crippen LogP contribution in [0.4, 0.5) is 17.6 Å². The summed E-state index contributed by atoms with van der Waals surface area (Å²) in [6.07, 6.45) is 1.75. The van der Waals surface area contributed by atoms with Crippen LogP contribution in [0, 0.1) is 11.6 Å². The highest BCUT2D eigenvalue weighted by Gasteiger charge is 2.17.